The zero-order valence-corrected chi connectivity index (χ0v) is 13.7. The second-order valence-electron chi connectivity index (χ2n) is 5.05. The molecule has 124 valence electrons. The summed E-state index contributed by atoms with van der Waals surface area (Å²) in [6.07, 6.45) is -0.553. The van der Waals surface area contributed by atoms with Crippen molar-refractivity contribution in [1.82, 2.24) is 5.32 Å². The molecule has 1 atom stereocenters. The molecule has 2 aromatic carbocycles. The van der Waals surface area contributed by atoms with Crippen LogP contribution in [0.2, 0.25) is 0 Å². The first-order valence-corrected chi connectivity index (χ1v) is 7.42. The summed E-state index contributed by atoms with van der Waals surface area (Å²) in [5.41, 5.74) is 1.82. The van der Waals surface area contributed by atoms with Crippen LogP contribution >= 0.6 is 0 Å². The number of benzene rings is 2. The van der Waals surface area contributed by atoms with E-state index in [0.29, 0.717) is 30.3 Å². The predicted molar refractivity (Wildman–Crippen MR) is 89.2 cm³/mol. The van der Waals surface area contributed by atoms with Crippen LogP contribution in [0.15, 0.2) is 42.5 Å². The Kier molecular flexibility index (Phi) is 6.26. The average Bonchev–Trinajstić information content (AvgIpc) is 2.61. The van der Waals surface area contributed by atoms with Crippen molar-refractivity contribution in [2.75, 3.05) is 27.9 Å². The number of aliphatic hydroxyl groups is 1. The van der Waals surface area contributed by atoms with Gasteiger partial charge in [-0.1, -0.05) is 36.4 Å². The van der Waals surface area contributed by atoms with Crippen LogP contribution in [0.3, 0.4) is 0 Å². The minimum absolute atomic E-state index is 0.446. The highest BCUT2D eigenvalue weighted by molar-refractivity contribution is 5.55. The van der Waals surface area contributed by atoms with Crippen molar-refractivity contribution in [3.05, 3.63) is 53.6 Å². The number of ether oxygens (including phenoxy) is 3. The van der Waals surface area contributed by atoms with E-state index in [0.717, 1.165) is 11.1 Å². The van der Waals surface area contributed by atoms with Gasteiger partial charge in [0.1, 0.15) is 0 Å². The molecule has 0 unspecified atom stereocenters. The first kappa shape index (κ1) is 17.1. The fraction of sp³-hybridized carbons (Fsp3) is 0.333. The van der Waals surface area contributed by atoms with Gasteiger partial charge < -0.3 is 24.6 Å². The molecule has 0 fully saturated rings. The van der Waals surface area contributed by atoms with E-state index in [9.17, 15) is 5.11 Å². The Hall–Kier alpha value is -2.24. The van der Waals surface area contributed by atoms with Gasteiger partial charge in [0.15, 0.2) is 11.5 Å². The highest BCUT2D eigenvalue weighted by atomic mass is 16.5. The topological polar surface area (TPSA) is 60.0 Å². The van der Waals surface area contributed by atoms with E-state index in [1.807, 2.05) is 42.5 Å². The maximum absolute atomic E-state index is 10.2. The van der Waals surface area contributed by atoms with Gasteiger partial charge in [0, 0.05) is 18.7 Å². The summed E-state index contributed by atoms with van der Waals surface area (Å²) in [4.78, 5) is 0. The molecule has 0 spiro atoms. The van der Waals surface area contributed by atoms with Crippen LogP contribution in [-0.4, -0.2) is 33.0 Å². The third kappa shape index (κ3) is 4.15. The van der Waals surface area contributed by atoms with Gasteiger partial charge in [-0.25, -0.2) is 0 Å². The molecule has 2 rings (SSSR count). The quantitative estimate of drug-likeness (QED) is 0.783. The van der Waals surface area contributed by atoms with Crippen LogP contribution in [0.1, 0.15) is 17.2 Å². The Morgan fingerprint density at radius 1 is 0.913 bits per heavy atom. The van der Waals surface area contributed by atoms with Crippen molar-refractivity contribution < 1.29 is 19.3 Å². The van der Waals surface area contributed by atoms with E-state index in [4.69, 9.17) is 14.2 Å². The van der Waals surface area contributed by atoms with Crippen LogP contribution in [-0.2, 0) is 6.54 Å². The van der Waals surface area contributed by atoms with Crippen molar-refractivity contribution in [2.45, 2.75) is 12.6 Å². The van der Waals surface area contributed by atoms with Gasteiger partial charge in [-0.15, -0.1) is 0 Å². The molecule has 0 saturated carbocycles. The third-order valence-corrected chi connectivity index (χ3v) is 3.62. The van der Waals surface area contributed by atoms with E-state index < -0.39 is 6.10 Å². The predicted octanol–water partition coefficient (Wildman–Crippen LogP) is 2.54. The van der Waals surface area contributed by atoms with E-state index in [-0.39, 0.29) is 0 Å². The molecule has 0 bridgehead atoms. The van der Waals surface area contributed by atoms with Gasteiger partial charge >= 0.3 is 0 Å². The lowest BCUT2D eigenvalue weighted by molar-refractivity contribution is 0.174. The summed E-state index contributed by atoms with van der Waals surface area (Å²) < 4.78 is 16.1. The number of hydrogen-bond acceptors (Lipinski definition) is 5. The standard InChI is InChI=1S/C18H23NO4/c1-21-16-10-9-14(17(22-2)18(16)23-3)11-19-12-15(20)13-7-5-4-6-8-13/h4-10,15,19-20H,11-12H2,1-3H3/t15-/m1/s1. The van der Waals surface area contributed by atoms with Crippen molar-refractivity contribution in [1.29, 1.82) is 0 Å². The lowest BCUT2D eigenvalue weighted by atomic mass is 10.1. The van der Waals surface area contributed by atoms with Crippen LogP contribution in [0, 0.1) is 0 Å². The van der Waals surface area contributed by atoms with Gasteiger partial charge in [-0.3, -0.25) is 0 Å². The summed E-state index contributed by atoms with van der Waals surface area (Å²) in [5.74, 6) is 1.82. The Morgan fingerprint density at radius 2 is 1.61 bits per heavy atom. The fourth-order valence-electron chi connectivity index (χ4n) is 2.44. The molecule has 0 radical (unpaired) electrons. The maximum atomic E-state index is 10.2. The van der Waals surface area contributed by atoms with Crippen LogP contribution in [0.4, 0.5) is 0 Å². The summed E-state index contributed by atoms with van der Waals surface area (Å²) in [5, 5.41) is 13.4. The van der Waals surface area contributed by atoms with E-state index in [1.165, 1.54) is 0 Å². The average molecular weight is 317 g/mol. The summed E-state index contributed by atoms with van der Waals surface area (Å²) in [6, 6.07) is 13.3. The summed E-state index contributed by atoms with van der Waals surface area (Å²) in [6.45, 7) is 0.995. The van der Waals surface area contributed by atoms with E-state index >= 15 is 0 Å². The van der Waals surface area contributed by atoms with Gasteiger partial charge in [-0.05, 0) is 11.6 Å². The molecule has 0 aliphatic carbocycles. The Bertz CT molecular complexity index is 616. The second kappa shape index (κ2) is 8.41. The molecule has 0 heterocycles. The van der Waals surface area contributed by atoms with E-state index in [1.54, 1.807) is 21.3 Å². The Labute approximate surface area is 136 Å². The minimum atomic E-state index is -0.553. The molecular weight excluding hydrogens is 294 g/mol. The molecule has 2 N–H and O–H groups in total. The minimum Gasteiger partial charge on any atom is -0.493 e. The third-order valence-electron chi connectivity index (χ3n) is 3.62. The Balaban J connectivity index is 2.03. The highest BCUT2D eigenvalue weighted by Crippen LogP contribution is 2.39. The Morgan fingerprint density at radius 3 is 2.22 bits per heavy atom. The molecule has 5 nitrogen and oxygen atoms in total. The largest absolute Gasteiger partial charge is 0.493 e. The molecule has 23 heavy (non-hydrogen) atoms. The number of methoxy groups -OCH3 is 3. The van der Waals surface area contributed by atoms with Crippen LogP contribution in [0.25, 0.3) is 0 Å². The lowest BCUT2D eigenvalue weighted by Crippen LogP contribution is -2.21. The molecule has 0 amide bonds. The molecule has 0 aliphatic heterocycles. The second-order valence-corrected chi connectivity index (χ2v) is 5.05. The van der Waals surface area contributed by atoms with Crippen molar-refractivity contribution >= 4 is 0 Å². The van der Waals surface area contributed by atoms with Crippen molar-refractivity contribution in [3.63, 3.8) is 0 Å². The van der Waals surface area contributed by atoms with Gasteiger partial charge in [0.25, 0.3) is 0 Å². The number of aliphatic hydroxyl groups excluding tert-OH is 1. The van der Waals surface area contributed by atoms with Gasteiger partial charge in [-0.2, -0.15) is 0 Å². The monoisotopic (exact) mass is 317 g/mol. The first-order valence-electron chi connectivity index (χ1n) is 7.42. The van der Waals surface area contributed by atoms with E-state index in [2.05, 4.69) is 5.32 Å². The first-order chi connectivity index (χ1) is 11.2. The van der Waals surface area contributed by atoms with Crippen LogP contribution in [0.5, 0.6) is 17.2 Å². The van der Waals surface area contributed by atoms with Crippen molar-refractivity contribution in [3.8, 4) is 17.2 Å². The normalized spacial score (nSPS) is 11.8. The number of nitrogens with one attached hydrogen (secondary N) is 1. The molecule has 0 aromatic heterocycles. The van der Waals surface area contributed by atoms with Gasteiger partial charge in [0.2, 0.25) is 5.75 Å². The molecule has 2 aromatic rings. The van der Waals surface area contributed by atoms with Crippen LogP contribution < -0.4 is 19.5 Å². The SMILES string of the molecule is COc1ccc(CNC[C@@H](O)c2ccccc2)c(OC)c1OC. The summed E-state index contributed by atoms with van der Waals surface area (Å²) in [7, 11) is 4.77. The zero-order valence-electron chi connectivity index (χ0n) is 13.7. The molecule has 0 aliphatic rings. The van der Waals surface area contributed by atoms with Gasteiger partial charge in [0.05, 0.1) is 27.4 Å². The molecule has 0 saturated heterocycles. The smallest absolute Gasteiger partial charge is 0.203 e. The molecular formula is C18H23NO4. The lowest BCUT2D eigenvalue weighted by Gasteiger charge is -2.17. The number of rotatable bonds is 8. The van der Waals surface area contributed by atoms with Crippen molar-refractivity contribution in [2.24, 2.45) is 0 Å². The number of hydrogen-bond donors (Lipinski definition) is 2. The summed E-state index contributed by atoms with van der Waals surface area (Å²) >= 11 is 0. The fourth-order valence-corrected chi connectivity index (χ4v) is 2.44. The molecule has 5 heteroatoms. The maximum Gasteiger partial charge on any atom is 0.203 e. The zero-order chi connectivity index (χ0) is 16.7. The highest BCUT2D eigenvalue weighted by Gasteiger charge is 2.15.